The van der Waals surface area contributed by atoms with Gasteiger partial charge >= 0.3 is 0 Å². The summed E-state index contributed by atoms with van der Waals surface area (Å²) in [6.45, 7) is 1.91. The molecule has 4 aromatic carbocycles. The highest BCUT2D eigenvalue weighted by atomic mass is 19.1. The normalized spacial score (nSPS) is 17.6. The molecule has 5 heteroatoms. The summed E-state index contributed by atoms with van der Waals surface area (Å²) in [4.78, 5) is 27.7. The Morgan fingerprint density at radius 2 is 1.58 bits per heavy atom. The SMILES string of the molecule is Cc1cccc(C2/C(=C(/O)c3ccc4ccccc4c3)C(=O)C(=O)N2c2ccc(F)cc2)c1. The van der Waals surface area contributed by atoms with Gasteiger partial charge in [-0.05, 0) is 53.6 Å². The van der Waals surface area contributed by atoms with E-state index in [2.05, 4.69) is 0 Å². The Bertz CT molecular complexity index is 1440. The molecule has 4 aromatic rings. The molecular formula is C28H20FNO3. The number of aliphatic hydroxyl groups is 1. The molecule has 1 unspecified atom stereocenters. The smallest absolute Gasteiger partial charge is 0.300 e. The van der Waals surface area contributed by atoms with E-state index in [1.165, 1.54) is 29.2 Å². The third kappa shape index (κ3) is 3.57. The number of Topliss-reactive ketones (excluding diaryl/α,β-unsaturated/α-hetero) is 1. The van der Waals surface area contributed by atoms with E-state index in [4.69, 9.17) is 0 Å². The summed E-state index contributed by atoms with van der Waals surface area (Å²) in [5, 5.41) is 13.2. The maximum atomic E-state index is 13.6. The lowest BCUT2D eigenvalue weighted by molar-refractivity contribution is -0.132. The van der Waals surface area contributed by atoms with Crippen molar-refractivity contribution in [3.63, 3.8) is 0 Å². The third-order valence-electron chi connectivity index (χ3n) is 5.93. The van der Waals surface area contributed by atoms with Gasteiger partial charge in [0.1, 0.15) is 11.6 Å². The van der Waals surface area contributed by atoms with Crippen molar-refractivity contribution in [2.24, 2.45) is 0 Å². The summed E-state index contributed by atoms with van der Waals surface area (Å²) in [5.74, 6) is -2.24. The lowest BCUT2D eigenvalue weighted by Crippen LogP contribution is -2.29. The van der Waals surface area contributed by atoms with Crippen LogP contribution in [0, 0.1) is 12.7 Å². The second kappa shape index (κ2) is 8.02. The second-order valence-corrected chi connectivity index (χ2v) is 8.12. The Balaban J connectivity index is 1.73. The third-order valence-corrected chi connectivity index (χ3v) is 5.93. The molecule has 5 rings (SSSR count). The van der Waals surface area contributed by atoms with Crippen LogP contribution in [0.5, 0.6) is 0 Å². The molecule has 1 amide bonds. The van der Waals surface area contributed by atoms with Gasteiger partial charge in [0.05, 0.1) is 11.6 Å². The summed E-state index contributed by atoms with van der Waals surface area (Å²) < 4.78 is 13.6. The first kappa shape index (κ1) is 20.6. The molecule has 1 aliphatic heterocycles. The van der Waals surface area contributed by atoms with E-state index < -0.39 is 23.5 Å². The first-order valence-electron chi connectivity index (χ1n) is 10.6. The Morgan fingerprint density at radius 3 is 2.30 bits per heavy atom. The van der Waals surface area contributed by atoms with Crippen LogP contribution in [0.2, 0.25) is 0 Å². The van der Waals surface area contributed by atoms with Crippen LogP contribution in [0.15, 0.2) is 96.6 Å². The molecular weight excluding hydrogens is 417 g/mol. The van der Waals surface area contributed by atoms with Crippen molar-refractivity contribution in [1.82, 2.24) is 0 Å². The number of fused-ring (bicyclic) bond motifs is 1. The van der Waals surface area contributed by atoms with Gasteiger partial charge < -0.3 is 5.11 Å². The summed E-state index contributed by atoms with van der Waals surface area (Å²) >= 11 is 0. The van der Waals surface area contributed by atoms with E-state index in [0.717, 1.165) is 16.3 Å². The van der Waals surface area contributed by atoms with Crippen LogP contribution >= 0.6 is 0 Å². The number of carbonyl (C=O) groups excluding carboxylic acids is 2. The molecule has 0 radical (unpaired) electrons. The van der Waals surface area contributed by atoms with Gasteiger partial charge in [0, 0.05) is 11.3 Å². The number of hydrogen-bond donors (Lipinski definition) is 1. The summed E-state index contributed by atoms with van der Waals surface area (Å²) in [6, 6.07) is 25.1. The molecule has 0 aliphatic carbocycles. The highest BCUT2D eigenvalue weighted by Crippen LogP contribution is 2.42. The molecule has 4 nitrogen and oxygen atoms in total. The minimum atomic E-state index is -0.846. The second-order valence-electron chi connectivity index (χ2n) is 8.12. The number of hydrogen-bond acceptors (Lipinski definition) is 3. The predicted molar refractivity (Wildman–Crippen MR) is 126 cm³/mol. The molecule has 1 saturated heterocycles. The first-order chi connectivity index (χ1) is 15.9. The van der Waals surface area contributed by atoms with Crippen molar-refractivity contribution in [3.05, 3.63) is 119 Å². The van der Waals surface area contributed by atoms with E-state index in [0.29, 0.717) is 16.8 Å². The highest BCUT2D eigenvalue weighted by Gasteiger charge is 2.47. The van der Waals surface area contributed by atoms with Gasteiger partial charge in [-0.1, -0.05) is 66.2 Å². The topological polar surface area (TPSA) is 57.6 Å². The largest absolute Gasteiger partial charge is 0.507 e. The number of carbonyl (C=O) groups is 2. The standard InChI is InChI=1S/C28H20FNO3/c1-17-5-4-8-20(15-17)25-24(26(31)21-10-9-18-6-2-3-7-19(18)16-21)27(32)28(33)30(25)23-13-11-22(29)12-14-23/h2-16,25,31H,1H3/b26-24-. The van der Waals surface area contributed by atoms with E-state index in [1.54, 1.807) is 12.1 Å². The summed E-state index contributed by atoms with van der Waals surface area (Å²) in [7, 11) is 0. The minimum Gasteiger partial charge on any atom is -0.507 e. The van der Waals surface area contributed by atoms with Gasteiger partial charge in [0.15, 0.2) is 0 Å². The Labute approximate surface area is 190 Å². The number of aryl methyl sites for hydroxylation is 1. The van der Waals surface area contributed by atoms with Gasteiger partial charge in [-0.3, -0.25) is 14.5 Å². The fraction of sp³-hybridized carbons (Fsp3) is 0.0714. The molecule has 1 fully saturated rings. The molecule has 1 atom stereocenters. The number of amides is 1. The van der Waals surface area contributed by atoms with Crippen LogP contribution in [0.25, 0.3) is 16.5 Å². The summed E-state index contributed by atoms with van der Waals surface area (Å²) in [5.41, 5.74) is 2.46. The van der Waals surface area contributed by atoms with Gasteiger partial charge in [-0.25, -0.2) is 4.39 Å². The van der Waals surface area contributed by atoms with Crippen LogP contribution in [-0.4, -0.2) is 16.8 Å². The number of aliphatic hydroxyl groups excluding tert-OH is 1. The van der Waals surface area contributed by atoms with Crippen LogP contribution in [0.3, 0.4) is 0 Å². The number of rotatable bonds is 3. The average Bonchev–Trinajstić information content (AvgIpc) is 3.09. The van der Waals surface area contributed by atoms with Crippen molar-refractivity contribution in [2.45, 2.75) is 13.0 Å². The van der Waals surface area contributed by atoms with Gasteiger partial charge in [0.2, 0.25) is 0 Å². The zero-order valence-corrected chi connectivity index (χ0v) is 17.8. The molecule has 1 N–H and O–H groups in total. The van der Waals surface area contributed by atoms with Gasteiger partial charge in [0.25, 0.3) is 11.7 Å². The lowest BCUT2D eigenvalue weighted by Gasteiger charge is -2.25. The number of anilines is 1. The van der Waals surface area contributed by atoms with Gasteiger partial charge in [-0.15, -0.1) is 0 Å². The van der Waals surface area contributed by atoms with Gasteiger partial charge in [-0.2, -0.15) is 0 Å². The van der Waals surface area contributed by atoms with Crippen molar-refractivity contribution < 1.29 is 19.1 Å². The molecule has 0 spiro atoms. The van der Waals surface area contributed by atoms with Crippen molar-refractivity contribution >= 4 is 33.9 Å². The molecule has 0 bridgehead atoms. The van der Waals surface area contributed by atoms with Crippen molar-refractivity contribution in [1.29, 1.82) is 0 Å². The number of ketones is 1. The first-order valence-corrected chi connectivity index (χ1v) is 10.6. The van der Waals surface area contributed by atoms with Crippen LogP contribution in [-0.2, 0) is 9.59 Å². The Hall–Kier alpha value is -4.25. The van der Waals surface area contributed by atoms with E-state index in [-0.39, 0.29) is 11.3 Å². The van der Waals surface area contributed by atoms with Crippen LogP contribution in [0.4, 0.5) is 10.1 Å². The number of benzene rings is 4. The maximum Gasteiger partial charge on any atom is 0.300 e. The zero-order chi connectivity index (χ0) is 23.1. The van der Waals surface area contributed by atoms with Crippen molar-refractivity contribution in [3.8, 4) is 0 Å². The molecule has 1 aliphatic rings. The van der Waals surface area contributed by atoms with E-state index in [1.807, 2.05) is 61.5 Å². The Kier molecular flexibility index (Phi) is 5.02. The molecule has 0 aromatic heterocycles. The zero-order valence-electron chi connectivity index (χ0n) is 17.8. The monoisotopic (exact) mass is 437 g/mol. The van der Waals surface area contributed by atoms with Crippen molar-refractivity contribution in [2.75, 3.05) is 4.90 Å². The Morgan fingerprint density at radius 1 is 0.848 bits per heavy atom. The van der Waals surface area contributed by atoms with Crippen LogP contribution in [0.1, 0.15) is 22.7 Å². The number of halogens is 1. The molecule has 162 valence electrons. The molecule has 0 saturated carbocycles. The quantitative estimate of drug-likeness (QED) is 0.246. The summed E-state index contributed by atoms with van der Waals surface area (Å²) in [6.07, 6.45) is 0. The fourth-order valence-electron chi connectivity index (χ4n) is 4.35. The minimum absolute atomic E-state index is 0.00482. The van der Waals surface area contributed by atoms with Crippen LogP contribution < -0.4 is 4.90 Å². The lowest BCUT2D eigenvalue weighted by atomic mass is 9.93. The van der Waals surface area contributed by atoms with E-state index >= 15 is 0 Å². The average molecular weight is 437 g/mol. The fourth-order valence-corrected chi connectivity index (χ4v) is 4.35. The molecule has 33 heavy (non-hydrogen) atoms. The highest BCUT2D eigenvalue weighted by molar-refractivity contribution is 6.51. The predicted octanol–water partition coefficient (Wildman–Crippen LogP) is 5.91. The molecule has 1 heterocycles. The van der Waals surface area contributed by atoms with E-state index in [9.17, 15) is 19.1 Å². The number of nitrogens with zero attached hydrogens (tertiary/aromatic N) is 1. The maximum absolute atomic E-state index is 13.6.